The molecule has 1 aliphatic carbocycles. The Bertz CT molecular complexity index is 363. The molecule has 0 fully saturated rings. The van der Waals surface area contributed by atoms with Crippen molar-refractivity contribution in [3.8, 4) is 0 Å². The van der Waals surface area contributed by atoms with E-state index in [4.69, 9.17) is 11.6 Å². The first-order valence-electron chi connectivity index (χ1n) is 5.02. The first kappa shape index (κ1) is 10.0. The van der Waals surface area contributed by atoms with Crippen LogP contribution in [0.25, 0.3) is 0 Å². The van der Waals surface area contributed by atoms with Crippen molar-refractivity contribution in [3.05, 3.63) is 33.8 Å². The van der Waals surface area contributed by atoms with E-state index in [1.54, 1.807) is 0 Å². The number of aliphatic hydroxyl groups is 1. The van der Waals surface area contributed by atoms with Crippen LogP contribution in [0, 0.1) is 0 Å². The Hall–Kier alpha value is -0.530. The second-order valence-corrected chi connectivity index (χ2v) is 4.94. The van der Waals surface area contributed by atoms with Gasteiger partial charge in [0.25, 0.3) is 0 Å². The molecule has 0 radical (unpaired) electrons. The molecule has 0 bridgehead atoms. The number of hydrogen-bond donors (Lipinski definition) is 1. The molecule has 1 aromatic carbocycles. The van der Waals surface area contributed by atoms with Crippen LogP contribution in [0.4, 0.5) is 0 Å². The maximum Gasteiger partial charge on any atom is 0.0843 e. The highest BCUT2D eigenvalue weighted by atomic mass is 35.5. The molecule has 0 saturated heterocycles. The zero-order valence-electron chi connectivity index (χ0n) is 8.60. The van der Waals surface area contributed by atoms with Gasteiger partial charge in [-0.15, -0.1) is 0 Å². The van der Waals surface area contributed by atoms with E-state index in [9.17, 15) is 5.11 Å². The molecule has 1 aliphatic rings. The van der Waals surface area contributed by atoms with Gasteiger partial charge in [-0.05, 0) is 61.9 Å². The zero-order valence-corrected chi connectivity index (χ0v) is 9.36. The van der Waals surface area contributed by atoms with Gasteiger partial charge < -0.3 is 5.11 Å². The fraction of sp³-hybridized carbons (Fsp3) is 0.500. The Morgan fingerprint density at radius 1 is 1.29 bits per heavy atom. The molecule has 0 saturated carbocycles. The Labute approximate surface area is 89.7 Å². The predicted octanol–water partition coefficient (Wildman–Crippen LogP) is 3.06. The van der Waals surface area contributed by atoms with Crippen molar-refractivity contribution in [2.24, 2.45) is 0 Å². The third kappa shape index (κ3) is 1.67. The maximum absolute atomic E-state index is 10.0. The maximum atomic E-state index is 10.0. The third-order valence-electron chi connectivity index (χ3n) is 2.84. The molecule has 0 atom stereocenters. The van der Waals surface area contributed by atoms with E-state index < -0.39 is 5.60 Å². The topological polar surface area (TPSA) is 20.2 Å². The van der Waals surface area contributed by atoms with Gasteiger partial charge in [0.05, 0.1) is 5.60 Å². The summed E-state index contributed by atoms with van der Waals surface area (Å²) in [5.41, 5.74) is 2.84. The monoisotopic (exact) mass is 210 g/mol. The van der Waals surface area contributed by atoms with Crippen molar-refractivity contribution in [3.63, 3.8) is 0 Å². The summed E-state index contributed by atoms with van der Waals surface area (Å²) >= 11 is 6.02. The molecule has 1 N–H and O–H groups in total. The summed E-state index contributed by atoms with van der Waals surface area (Å²) in [4.78, 5) is 0. The quantitative estimate of drug-likeness (QED) is 0.756. The molecule has 1 aromatic rings. The van der Waals surface area contributed by atoms with Gasteiger partial charge in [-0.1, -0.05) is 11.6 Å². The van der Waals surface area contributed by atoms with E-state index in [2.05, 4.69) is 0 Å². The number of benzene rings is 1. The summed E-state index contributed by atoms with van der Waals surface area (Å²) in [6, 6.07) is 3.92. The number of halogens is 1. The zero-order chi connectivity index (χ0) is 10.3. The van der Waals surface area contributed by atoms with Gasteiger partial charge in [-0.3, -0.25) is 0 Å². The van der Waals surface area contributed by atoms with Gasteiger partial charge in [0, 0.05) is 5.02 Å². The number of hydrogen-bond acceptors (Lipinski definition) is 1. The van der Waals surface area contributed by atoms with Crippen LogP contribution < -0.4 is 0 Å². The van der Waals surface area contributed by atoms with Crippen molar-refractivity contribution in [1.29, 1.82) is 0 Å². The summed E-state index contributed by atoms with van der Waals surface area (Å²) < 4.78 is 0. The highest BCUT2D eigenvalue weighted by Gasteiger charge is 2.24. The van der Waals surface area contributed by atoms with Crippen molar-refractivity contribution >= 4 is 11.6 Å². The lowest BCUT2D eigenvalue weighted by Gasteiger charge is -2.22. The average molecular weight is 211 g/mol. The number of rotatable bonds is 1. The highest BCUT2D eigenvalue weighted by molar-refractivity contribution is 6.30. The fourth-order valence-corrected chi connectivity index (χ4v) is 2.45. The smallest absolute Gasteiger partial charge is 0.0843 e. The molecular weight excluding hydrogens is 196 g/mol. The van der Waals surface area contributed by atoms with Gasteiger partial charge in [0.15, 0.2) is 0 Å². The van der Waals surface area contributed by atoms with Gasteiger partial charge in [0.2, 0.25) is 0 Å². The minimum absolute atomic E-state index is 0.739. The molecule has 0 aromatic heterocycles. The fourth-order valence-electron chi connectivity index (χ4n) is 2.21. The summed E-state index contributed by atoms with van der Waals surface area (Å²) in [5.74, 6) is 0. The molecule has 1 nitrogen and oxygen atoms in total. The molecule has 0 aliphatic heterocycles. The van der Waals surface area contributed by atoms with Crippen LogP contribution in [0.5, 0.6) is 0 Å². The van der Waals surface area contributed by atoms with E-state index in [0.717, 1.165) is 23.4 Å². The van der Waals surface area contributed by atoms with E-state index in [0.29, 0.717) is 0 Å². The Morgan fingerprint density at radius 3 is 2.64 bits per heavy atom. The Morgan fingerprint density at radius 2 is 2.00 bits per heavy atom. The van der Waals surface area contributed by atoms with Crippen LogP contribution in [0.2, 0.25) is 5.02 Å². The summed E-state index contributed by atoms with van der Waals surface area (Å²) in [6.45, 7) is 3.63. The van der Waals surface area contributed by atoms with Gasteiger partial charge in [-0.25, -0.2) is 0 Å². The van der Waals surface area contributed by atoms with Crippen LogP contribution in [-0.2, 0) is 18.4 Å². The largest absolute Gasteiger partial charge is 0.386 e. The second-order valence-electron chi connectivity index (χ2n) is 4.50. The minimum Gasteiger partial charge on any atom is -0.386 e. The van der Waals surface area contributed by atoms with E-state index in [1.165, 1.54) is 17.5 Å². The molecule has 2 heteroatoms. The minimum atomic E-state index is -0.778. The first-order valence-corrected chi connectivity index (χ1v) is 5.40. The van der Waals surface area contributed by atoms with Crippen LogP contribution in [0.3, 0.4) is 0 Å². The van der Waals surface area contributed by atoms with Crippen molar-refractivity contribution in [2.45, 2.75) is 38.7 Å². The summed E-state index contributed by atoms with van der Waals surface area (Å²) in [5, 5.41) is 10.8. The molecule has 0 heterocycles. The summed E-state index contributed by atoms with van der Waals surface area (Å²) in [7, 11) is 0. The predicted molar refractivity (Wildman–Crippen MR) is 58.7 cm³/mol. The van der Waals surface area contributed by atoms with Crippen molar-refractivity contribution < 1.29 is 5.11 Å². The van der Waals surface area contributed by atoms with Gasteiger partial charge >= 0.3 is 0 Å². The van der Waals surface area contributed by atoms with Crippen LogP contribution in [-0.4, -0.2) is 5.11 Å². The lowest BCUT2D eigenvalue weighted by atomic mass is 9.91. The van der Waals surface area contributed by atoms with E-state index in [-0.39, 0.29) is 0 Å². The molecule has 14 heavy (non-hydrogen) atoms. The third-order valence-corrected chi connectivity index (χ3v) is 3.06. The van der Waals surface area contributed by atoms with E-state index in [1.807, 2.05) is 26.0 Å². The SMILES string of the molecule is CC(C)(O)c1cc(Cl)cc2c1CCC2. The molecular formula is C12H15ClO. The standard InChI is InChI=1S/C12H15ClO/c1-12(2,14)11-7-9(13)6-8-4-3-5-10(8)11/h6-7,14H,3-5H2,1-2H3. The molecule has 76 valence electrons. The first-order chi connectivity index (χ1) is 6.48. The Kier molecular flexibility index (Phi) is 2.32. The number of aryl methyl sites for hydroxylation is 1. The highest BCUT2D eigenvalue weighted by Crippen LogP contribution is 2.34. The summed E-state index contributed by atoms with van der Waals surface area (Å²) in [6.07, 6.45) is 3.35. The molecule has 2 rings (SSSR count). The lowest BCUT2D eigenvalue weighted by Crippen LogP contribution is -2.18. The van der Waals surface area contributed by atoms with Gasteiger partial charge in [0.1, 0.15) is 0 Å². The lowest BCUT2D eigenvalue weighted by molar-refractivity contribution is 0.0777. The second kappa shape index (κ2) is 3.25. The molecule has 0 spiro atoms. The van der Waals surface area contributed by atoms with Crippen molar-refractivity contribution in [1.82, 2.24) is 0 Å². The normalized spacial score (nSPS) is 15.7. The average Bonchev–Trinajstić information content (AvgIpc) is 2.47. The van der Waals surface area contributed by atoms with E-state index >= 15 is 0 Å². The van der Waals surface area contributed by atoms with Gasteiger partial charge in [-0.2, -0.15) is 0 Å². The van der Waals surface area contributed by atoms with Crippen molar-refractivity contribution in [2.75, 3.05) is 0 Å². The number of fused-ring (bicyclic) bond motifs is 1. The molecule has 0 amide bonds. The Balaban J connectivity index is 2.60. The van der Waals surface area contributed by atoms with Crippen LogP contribution in [0.1, 0.15) is 37.0 Å². The molecule has 0 unspecified atom stereocenters. The van der Waals surface area contributed by atoms with Crippen LogP contribution in [0.15, 0.2) is 12.1 Å². The van der Waals surface area contributed by atoms with Crippen LogP contribution >= 0.6 is 11.6 Å².